The molecule has 1 saturated heterocycles. The van der Waals surface area contributed by atoms with E-state index in [0.717, 1.165) is 62.7 Å². The molecule has 2 heterocycles. The number of nitrogen functional groups attached to an aromatic ring is 1. The van der Waals surface area contributed by atoms with Gasteiger partial charge in [0.15, 0.2) is 0 Å². The molecular weight excluding hydrogens is 302 g/mol. The Morgan fingerprint density at radius 1 is 1.25 bits per heavy atom. The molecule has 2 aromatic rings. The van der Waals surface area contributed by atoms with Crippen LogP contribution in [-0.4, -0.2) is 65.2 Å². The van der Waals surface area contributed by atoms with E-state index in [4.69, 9.17) is 10.5 Å². The van der Waals surface area contributed by atoms with Gasteiger partial charge in [0.1, 0.15) is 11.6 Å². The lowest BCUT2D eigenvalue weighted by Gasteiger charge is -2.39. The lowest BCUT2D eigenvalue weighted by atomic mass is 10.2. The minimum absolute atomic E-state index is 0.511. The summed E-state index contributed by atoms with van der Waals surface area (Å²) in [6.07, 6.45) is 0. The minimum Gasteiger partial charge on any atom is -0.383 e. The molecule has 0 bridgehead atoms. The number of para-hydroxylation sites is 1. The van der Waals surface area contributed by atoms with Crippen LogP contribution < -0.4 is 5.73 Å². The molecule has 0 amide bonds. The highest BCUT2D eigenvalue weighted by Crippen LogP contribution is 2.18. The summed E-state index contributed by atoms with van der Waals surface area (Å²) >= 11 is 0. The first-order chi connectivity index (χ1) is 11.7. The Morgan fingerprint density at radius 2 is 2.08 bits per heavy atom. The largest absolute Gasteiger partial charge is 0.383 e. The summed E-state index contributed by atoms with van der Waals surface area (Å²) in [5.41, 5.74) is 7.01. The lowest BCUT2D eigenvalue weighted by molar-refractivity contribution is 0.0458. The van der Waals surface area contributed by atoms with Crippen molar-refractivity contribution < 1.29 is 4.74 Å². The van der Waals surface area contributed by atoms with Gasteiger partial charge in [-0.2, -0.15) is 0 Å². The third kappa shape index (κ3) is 4.01. The van der Waals surface area contributed by atoms with Crippen LogP contribution in [0.4, 0.5) is 5.82 Å². The highest BCUT2D eigenvalue weighted by molar-refractivity contribution is 5.87. The maximum absolute atomic E-state index is 6.09. The van der Waals surface area contributed by atoms with Gasteiger partial charge in [-0.25, -0.2) is 9.97 Å². The van der Waals surface area contributed by atoms with Crippen molar-refractivity contribution >= 4 is 16.7 Å². The molecular formula is C18H27N5O. The third-order valence-electron chi connectivity index (χ3n) is 4.62. The van der Waals surface area contributed by atoms with E-state index in [1.54, 1.807) is 0 Å². The average molecular weight is 329 g/mol. The number of rotatable bonds is 6. The fraction of sp³-hybridized carbons (Fsp3) is 0.556. The molecule has 3 rings (SSSR count). The van der Waals surface area contributed by atoms with Crippen molar-refractivity contribution in [2.24, 2.45) is 0 Å². The fourth-order valence-electron chi connectivity index (χ4n) is 3.29. The van der Waals surface area contributed by atoms with Crippen LogP contribution in [0.5, 0.6) is 0 Å². The van der Waals surface area contributed by atoms with Gasteiger partial charge in [0.25, 0.3) is 0 Å². The number of ether oxygens (including phenoxy) is 1. The molecule has 6 nitrogen and oxygen atoms in total. The van der Waals surface area contributed by atoms with Gasteiger partial charge in [-0.05, 0) is 26.0 Å². The zero-order valence-electron chi connectivity index (χ0n) is 14.6. The van der Waals surface area contributed by atoms with E-state index in [0.29, 0.717) is 11.9 Å². The Hall–Kier alpha value is -1.76. The summed E-state index contributed by atoms with van der Waals surface area (Å²) < 4.78 is 5.47. The highest BCUT2D eigenvalue weighted by Gasteiger charge is 2.24. The summed E-state index contributed by atoms with van der Waals surface area (Å²) in [5.74, 6) is 1.38. The average Bonchev–Trinajstić information content (AvgIpc) is 2.57. The van der Waals surface area contributed by atoms with Crippen LogP contribution in [0.1, 0.15) is 19.7 Å². The lowest BCUT2D eigenvalue weighted by Crippen LogP contribution is -2.52. The van der Waals surface area contributed by atoms with Crippen LogP contribution in [0.15, 0.2) is 24.3 Å². The van der Waals surface area contributed by atoms with Crippen LogP contribution in [0.3, 0.4) is 0 Å². The van der Waals surface area contributed by atoms with Gasteiger partial charge in [0, 0.05) is 44.2 Å². The monoisotopic (exact) mass is 329 g/mol. The number of anilines is 1. The molecule has 1 fully saturated rings. The highest BCUT2D eigenvalue weighted by atomic mass is 16.5. The molecule has 0 radical (unpaired) electrons. The van der Waals surface area contributed by atoms with Gasteiger partial charge in [-0.1, -0.05) is 12.1 Å². The first-order valence-electron chi connectivity index (χ1n) is 8.72. The first kappa shape index (κ1) is 17.1. The number of hydrogen-bond donors (Lipinski definition) is 1. The fourth-order valence-corrected chi connectivity index (χ4v) is 3.29. The smallest absolute Gasteiger partial charge is 0.145 e. The second-order valence-electron chi connectivity index (χ2n) is 6.36. The van der Waals surface area contributed by atoms with Crippen molar-refractivity contribution in [1.82, 2.24) is 19.8 Å². The van der Waals surface area contributed by atoms with Crippen molar-refractivity contribution in [2.45, 2.75) is 26.4 Å². The second kappa shape index (κ2) is 7.88. The summed E-state index contributed by atoms with van der Waals surface area (Å²) in [4.78, 5) is 14.1. The molecule has 1 aromatic heterocycles. The Balaban J connectivity index is 1.61. The van der Waals surface area contributed by atoms with Crippen LogP contribution in [0, 0.1) is 0 Å². The summed E-state index contributed by atoms with van der Waals surface area (Å²) in [6.45, 7) is 10.7. The maximum atomic E-state index is 6.09. The van der Waals surface area contributed by atoms with Gasteiger partial charge in [0.2, 0.25) is 0 Å². The molecule has 0 saturated carbocycles. The molecule has 1 atom stereocenters. The SMILES string of the molecule is CCOCCN1CCN(Cc2nc(N)c3ccccc3n2)C[C@H]1C. The van der Waals surface area contributed by atoms with E-state index in [2.05, 4.69) is 26.7 Å². The molecule has 24 heavy (non-hydrogen) atoms. The van der Waals surface area contributed by atoms with Crippen molar-refractivity contribution in [2.75, 3.05) is 45.1 Å². The Morgan fingerprint density at radius 3 is 2.88 bits per heavy atom. The van der Waals surface area contributed by atoms with E-state index in [1.165, 1.54) is 0 Å². The normalized spacial score (nSPS) is 19.8. The number of benzene rings is 1. The first-order valence-corrected chi connectivity index (χ1v) is 8.72. The number of fused-ring (bicyclic) bond motifs is 1. The Labute approximate surface area is 143 Å². The van der Waals surface area contributed by atoms with E-state index < -0.39 is 0 Å². The van der Waals surface area contributed by atoms with Crippen molar-refractivity contribution in [3.63, 3.8) is 0 Å². The summed E-state index contributed by atoms with van der Waals surface area (Å²) in [6, 6.07) is 8.42. The van der Waals surface area contributed by atoms with Crippen LogP contribution >= 0.6 is 0 Å². The number of nitrogens with two attached hydrogens (primary N) is 1. The van der Waals surface area contributed by atoms with Gasteiger partial charge >= 0.3 is 0 Å². The molecule has 2 N–H and O–H groups in total. The van der Waals surface area contributed by atoms with Gasteiger partial charge < -0.3 is 10.5 Å². The van der Waals surface area contributed by atoms with Crippen molar-refractivity contribution in [3.05, 3.63) is 30.1 Å². The topological polar surface area (TPSA) is 67.5 Å². The standard InChI is InChI=1S/C18H27N5O/c1-3-24-11-10-23-9-8-22(12-14(23)2)13-17-20-16-7-5-4-6-15(16)18(19)21-17/h4-7,14H,3,8-13H2,1-2H3,(H2,19,20,21)/t14-/m1/s1. The maximum Gasteiger partial charge on any atom is 0.145 e. The van der Waals surface area contributed by atoms with Crippen LogP contribution in [-0.2, 0) is 11.3 Å². The Bertz CT molecular complexity index is 678. The van der Waals surface area contributed by atoms with Crippen molar-refractivity contribution in [3.8, 4) is 0 Å². The third-order valence-corrected chi connectivity index (χ3v) is 4.62. The van der Waals surface area contributed by atoms with Crippen LogP contribution in [0.25, 0.3) is 10.9 Å². The molecule has 1 aliphatic rings. The number of hydrogen-bond acceptors (Lipinski definition) is 6. The van der Waals surface area contributed by atoms with E-state index in [1.807, 2.05) is 31.2 Å². The quantitative estimate of drug-likeness (QED) is 0.815. The van der Waals surface area contributed by atoms with Gasteiger partial charge in [-0.3, -0.25) is 9.80 Å². The second-order valence-corrected chi connectivity index (χ2v) is 6.36. The molecule has 130 valence electrons. The van der Waals surface area contributed by atoms with Crippen LogP contribution in [0.2, 0.25) is 0 Å². The molecule has 0 unspecified atom stereocenters. The zero-order valence-corrected chi connectivity index (χ0v) is 14.6. The minimum atomic E-state index is 0.511. The number of piperazine rings is 1. The predicted octanol–water partition coefficient (Wildman–Crippen LogP) is 1.75. The molecule has 0 aliphatic carbocycles. The van der Waals surface area contributed by atoms with E-state index in [-0.39, 0.29) is 0 Å². The van der Waals surface area contributed by atoms with E-state index in [9.17, 15) is 0 Å². The molecule has 1 aliphatic heterocycles. The Kier molecular flexibility index (Phi) is 5.60. The van der Waals surface area contributed by atoms with Gasteiger partial charge in [0.05, 0.1) is 18.7 Å². The summed E-state index contributed by atoms with van der Waals surface area (Å²) in [7, 11) is 0. The van der Waals surface area contributed by atoms with Gasteiger partial charge in [-0.15, -0.1) is 0 Å². The molecule has 1 aromatic carbocycles. The zero-order chi connectivity index (χ0) is 16.9. The molecule has 6 heteroatoms. The summed E-state index contributed by atoms with van der Waals surface area (Å²) in [5, 5.41) is 0.926. The van der Waals surface area contributed by atoms with E-state index >= 15 is 0 Å². The van der Waals surface area contributed by atoms with Crippen molar-refractivity contribution in [1.29, 1.82) is 0 Å². The predicted molar refractivity (Wildman–Crippen MR) is 96.8 cm³/mol. The molecule has 0 spiro atoms. The number of nitrogens with zero attached hydrogens (tertiary/aromatic N) is 4. The number of aromatic nitrogens is 2.